The van der Waals surface area contributed by atoms with Gasteiger partial charge in [0.1, 0.15) is 0 Å². The van der Waals surface area contributed by atoms with Crippen LogP contribution in [-0.4, -0.2) is 15.6 Å². The lowest BCUT2D eigenvalue weighted by Gasteiger charge is -2.11. The van der Waals surface area contributed by atoms with E-state index in [0.717, 1.165) is 39.5 Å². The number of amides is 1. The van der Waals surface area contributed by atoms with E-state index in [-0.39, 0.29) is 5.91 Å². The van der Waals surface area contributed by atoms with Crippen LogP contribution in [0.25, 0.3) is 11.8 Å². The number of nitrogens with zero attached hydrogens (tertiary/aromatic N) is 2. The predicted octanol–water partition coefficient (Wildman–Crippen LogP) is 6.52. The molecule has 0 unspecified atom stereocenters. The molecule has 1 fully saturated rings. The summed E-state index contributed by atoms with van der Waals surface area (Å²) in [5.74, 6) is -0.108. The van der Waals surface area contributed by atoms with Crippen LogP contribution >= 0.6 is 34.4 Å². The Bertz CT molecular complexity index is 1250. The molecule has 3 aromatic rings. The molecule has 0 bridgehead atoms. The normalized spacial score (nSPS) is 16.4. The smallest absolute Gasteiger partial charge is 0.264 e. The summed E-state index contributed by atoms with van der Waals surface area (Å²) in [7, 11) is 0. The average molecular weight is 541 g/mol. The Balaban J connectivity index is 1.65. The van der Waals surface area contributed by atoms with Gasteiger partial charge in [-0.15, -0.1) is 0 Å². The highest BCUT2D eigenvalue weighted by Gasteiger charge is 2.24. The highest BCUT2D eigenvalue weighted by molar-refractivity contribution is 14.1. The van der Waals surface area contributed by atoms with E-state index >= 15 is 0 Å². The molecule has 0 spiro atoms. The largest absolute Gasteiger partial charge is 0.318 e. The Kier molecular flexibility index (Phi) is 6.12. The topological polar surface area (TPSA) is 46.4 Å². The summed E-state index contributed by atoms with van der Waals surface area (Å²) in [6.45, 7) is 10.4. The second-order valence-electron chi connectivity index (χ2n) is 7.92. The van der Waals surface area contributed by atoms with Gasteiger partial charge in [0, 0.05) is 20.6 Å². The summed E-state index contributed by atoms with van der Waals surface area (Å²) in [6, 6.07) is 14.7. The number of hydrogen-bond donors (Lipinski definition) is 1. The number of carbonyl (C=O) groups excluding carboxylic acids is 1. The molecule has 0 atom stereocenters. The van der Waals surface area contributed by atoms with Crippen LogP contribution in [0.1, 0.15) is 33.6 Å². The summed E-state index contributed by atoms with van der Waals surface area (Å²) in [6.07, 6.45) is 1.96. The zero-order valence-corrected chi connectivity index (χ0v) is 21.2. The maximum atomic E-state index is 12.6. The summed E-state index contributed by atoms with van der Waals surface area (Å²) in [4.78, 5) is 17.9. The molecule has 31 heavy (non-hydrogen) atoms. The molecule has 1 aliphatic rings. The lowest BCUT2D eigenvalue weighted by molar-refractivity contribution is -0.115. The van der Waals surface area contributed by atoms with Gasteiger partial charge in [0.05, 0.1) is 10.6 Å². The highest BCUT2D eigenvalue weighted by Crippen LogP contribution is 2.31. The average Bonchev–Trinajstić information content (AvgIpc) is 3.15. The predicted molar refractivity (Wildman–Crippen MR) is 139 cm³/mol. The number of hydrogen-bond acceptors (Lipinski definition) is 3. The van der Waals surface area contributed by atoms with Crippen molar-refractivity contribution in [3.05, 3.63) is 84.6 Å². The summed E-state index contributed by atoms with van der Waals surface area (Å²) < 4.78 is 3.48. The number of halogens is 1. The number of rotatable bonds is 3. The van der Waals surface area contributed by atoms with Crippen LogP contribution < -0.4 is 5.32 Å². The monoisotopic (exact) mass is 541 g/mol. The van der Waals surface area contributed by atoms with Crippen LogP contribution in [0.2, 0.25) is 0 Å². The summed E-state index contributed by atoms with van der Waals surface area (Å²) >= 11 is 3.74. The van der Waals surface area contributed by atoms with Gasteiger partial charge >= 0.3 is 0 Å². The van der Waals surface area contributed by atoms with Gasteiger partial charge in [0.25, 0.3) is 5.91 Å². The van der Waals surface area contributed by atoms with Crippen LogP contribution in [0, 0.1) is 38.2 Å². The first-order valence-electron chi connectivity index (χ1n) is 10.0. The molecule has 0 radical (unpaired) electrons. The fraction of sp³-hybridized carbons (Fsp3) is 0.200. The van der Waals surface area contributed by atoms with Crippen molar-refractivity contribution in [1.29, 1.82) is 0 Å². The van der Waals surface area contributed by atoms with Gasteiger partial charge in [0.2, 0.25) is 0 Å². The van der Waals surface area contributed by atoms with Gasteiger partial charge in [-0.05, 0) is 134 Å². The lowest BCUT2D eigenvalue weighted by atomic mass is 10.1. The minimum atomic E-state index is -0.108. The van der Waals surface area contributed by atoms with Crippen molar-refractivity contribution in [3.63, 3.8) is 0 Å². The number of aromatic nitrogens is 1. The molecule has 1 N–H and O–H groups in total. The Morgan fingerprint density at radius 2 is 1.71 bits per heavy atom. The molecule has 1 aliphatic heterocycles. The molecule has 158 valence electrons. The van der Waals surface area contributed by atoms with E-state index in [9.17, 15) is 4.79 Å². The van der Waals surface area contributed by atoms with Gasteiger partial charge in [-0.2, -0.15) is 0 Å². The van der Waals surface area contributed by atoms with Crippen molar-refractivity contribution < 1.29 is 4.79 Å². The molecule has 1 saturated heterocycles. The minimum Gasteiger partial charge on any atom is -0.318 e. The van der Waals surface area contributed by atoms with Crippen LogP contribution in [0.15, 0.2) is 52.4 Å². The number of nitrogens with one attached hydrogen (secondary N) is 1. The molecule has 1 amide bonds. The minimum absolute atomic E-state index is 0.108. The van der Waals surface area contributed by atoms with Crippen molar-refractivity contribution in [2.45, 2.75) is 34.6 Å². The molecular formula is C25H24IN3OS. The van der Waals surface area contributed by atoms with E-state index in [4.69, 9.17) is 0 Å². The number of benzene rings is 2. The molecule has 6 heteroatoms. The first-order chi connectivity index (χ1) is 14.7. The zero-order valence-electron chi connectivity index (χ0n) is 18.2. The molecule has 4 rings (SSSR count). The van der Waals surface area contributed by atoms with E-state index < -0.39 is 0 Å². The van der Waals surface area contributed by atoms with Gasteiger partial charge in [-0.1, -0.05) is 6.07 Å². The van der Waals surface area contributed by atoms with Gasteiger partial charge in [0.15, 0.2) is 5.17 Å². The standard InChI is InChI=1S/C25H24IN3OS/c1-14-8-15(2)10-20(9-14)27-25-28-24(30)23(31-25)13-19-12-17(4)29(18(19)5)21-6-7-22(26)16(3)11-21/h6-13H,1-5H3,(H,27,28,30)/b23-13-. The summed E-state index contributed by atoms with van der Waals surface area (Å²) in [5, 5.41) is 3.51. The number of amidine groups is 1. The number of carbonyl (C=O) groups is 1. The molecule has 1 aromatic heterocycles. The third kappa shape index (κ3) is 4.65. The molecule has 4 nitrogen and oxygen atoms in total. The SMILES string of the molecule is Cc1cc(C)cc(N=C2NC(=O)/C(=C/c3cc(C)n(-c4ccc(I)c(C)c4)c3C)S2)c1. The quantitative estimate of drug-likeness (QED) is 0.303. The molecular weight excluding hydrogens is 517 g/mol. The highest BCUT2D eigenvalue weighted by atomic mass is 127. The lowest BCUT2D eigenvalue weighted by Crippen LogP contribution is -2.19. The second-order valence-corrected chi connectivity index (χ2v) is 10.1. The molecule has 0 aliphatic carbocycles. The van der Waals surface area contributed by atoms with Gasteiger partial charge < -0.3 is 9.88 Å². The Labute approximate surface area is 201 Å². The van der Waals surface area contributed by atoms with Crippen LogP contribution in [-0.2, 0) is 4.79 Å². The third-order valence-corrected chi connectivity index (χ3v) is 7.36. The second kappa shape index (κ2) is 8.67. The van der Waals surface area contributed by atoms with E-state index in [1.165, 1.54) is 20.9 Å². The van der Waals surface area contributed by atoms with E-state index in [0.29, 0.717) is 10.1 Å². The number of aliphatic imine (C=N–C) groups is 1. The van der Waals surface area contributed by atoms with Crippen molar-refractivity contribution in [1.82, 2.24) is 9.88 Å². The zero-order chi connectivity index (χ0) is 22.3. The summed E-state index contributed by atoms with van der Waals surface area (Å²) in [5.41, 5.74) is 8.84. The van der Waals surface area contributed by atoms with E-state index in [1.807, 2.05) is 32.1 Å². The molecule has 0 saturated carbocycles. The fourth-order valence-electron chi connectivity index (χ4n) is 3.85. The Hall–Kier alpha value is -2.32. The van der Waals surface area contributed by atoms with Crippen molar-refractivity contribution in [2.75, 3.05) is 0 Å². The molecule has 2 aromatic carbocycles. The maximum absolute atomic E-state index is 12.6. The number of thioether (sulfide) groups is 1. The first-order valence-corrected chi connectivity index (χ1v) is 11.9. The van der Waals surface area contributed by atoms with Crippen molar-refractivity contribution in [2.24, 2.45) is 4.99 Å². The van der Waals surface area contributed by atoms with Gasteiger partial charge in [-0.25, -0.2) is 4.99 Å². The third-order valence-electron chi connectivity index (χ3n) is 5.24. The Morgan fingerprint density at radius 3 is 2.39 bits per heavy atom. The van der Waals surface area contributed by atoms with E-state index in [2.05, 4.69) is 88.6 Å². The fourth-order valence-corrected chi connectivity index (χ4v) is 5.02. The number of aryl methyl sites for hydroxylation is 4. The van der Waals surface area contributed by atoms with Crippen LogP contribution in [0.5, 0.6) is 0 Å². The Morgan fingerprint density at radius 1 is 1.00 bits per heavy atom. The van der Waals surface area contributed by atoms with Gasteiger partial charge in [-0.3, -0.25) is 4.79 Å². The molecule has 2 heterocycles. The van der Waals surface area contributed by atoms with Crippen molar-refractivity contribution >= 4 is 57.2 Å². The first kappa shape index (κ1) is 21.9. The van der Waals surface area contributed by atoms with Crippen molar-refractivity contribution in [3.8, 4) is 5.69 Å². The van der Waals surface area contributed by atoms with Crippen LogP contribution in [0.4, 0.5) is 5.69 Å². The van der Waals surface area contributed by atoms with E-state index in [1.54, 1.807) is 0 Å². The van der Waals surface area contributed by atoms with Crippen LogP contribution in [0.3, 0.4) is 0 Å². The maximum Gasteiger partial charge on any atom is 0.264 e.